The molecular formula is C14H20ClF2NO2. The van der Waals surface area contributed by atoms with Crippen LogP contribution in [0.15, 0.2) is 18.2 Å². The summed E-state index contributed by atoms with van der Waals surface area (Å²) in [7, 11) is 0. The normalized spacial score (nSPS) is 11.1. The molecule has 6 heteroatoms. The van der Waals surface area contributed by atoms with Gasteiger partial charge in [-0.25, -0.2) is 0 Å². The molecule has 0 bridgehead atoms. The number of ether oxygens (including phenoxy) is 1. The predicted molar refractivity (Wildman–Crippen MR) is 75.3 cm³/mol. The van der Waals surface area contributed by atoms with E-state index >= 15 is 0 Å². The van der Waals surface area contributed by atoms with Crippen molar-refractivity contribution in [3.8, 4) is 5.75 Å². The lowest BCUT2D eigenvalue weighted by molar-refractivity contribution is -0.0504. The number of aliphatic hydroxyl groups is 1. The van der Waals surface area contributed by atoms with Gasteiger partial charge in [0.05, 0.1) is 0 Å². The highest BCUT2D eigenvalue weighted by atomic mass is 35.5. The Morgan fingerprint density at radius 3 is 2.65 bits per heavy atom. The molecule has 0 heterocycles. The molecule has 20 heavy (non-hydrogen) atoms. The molecule has 0 saturated carbocycles. The second-order valence-corrected chi connectivity index (χ2v) is 4.88. The Labute approximate surface area is 122 Å². The Morgan fingerprint density at radius 1 is 1.20 bits per heavy atom. The fourth-order valence-corrected chi connectivity index (χ4v) is 2.03. The fraction of sp³-hybridized carbons (Fsp3) is 0.571. The second kappa shape index (κ2) is 9.91. The van der Waals surface area contributed by atoms with Gasteiger partial charge in [-0.2, -0.15) is 8.78 Å². The van der Waals surface area contributed by atoms with E-state index in [2.05, 4.69) is 10.1 Å². The zero-order chi connectivity index (χ0) is 14.8. The van der Waals surface area contributed by atoms with Crippen molar-refractivity contribution in [1.82, 2.24) is 5.32 Å². The zero-order valence-corrected chi connectivity index (χ0v) is 12.0. The van der Waals surface area contributed by atoms with Gasteiger partial charge >= 0.3 is 6.61 Å². The van der Waals surface area contributed by atoms with Crippen LogP contribution in [0.25, 0.3) is 0 Å². The van der Waals surface area contributed by atoms with Crippen LogP contribution in [0.5, 0.6) is 5.75 Å². The summed E-state index contributed by atoms with van der Waals surface area (Å²) >= 11 is 5.86. The van der Waals surface area contributed by atoms with Gasteiger partial charge in [0.1, 0.15) is 5.75 Å². The minimum atomic E-state index is -2.84. The quantitative estimate of drug-likeness (QED) is 0.649. The molecule has 1 aromatic carbocycles. The molecule has 0 amide bonds. The third-order valence-corrected chi connectivity index (χ3v) is 3.05. The lowest BCUT2D eigenvalue weighted by Gasteiger charge is -2.12. The number of unbranched alkanes of at least 4 members (excludes halogenated alkanes) is 3. The molecular weight excluding hydrogens is 288 g/mol. The molecule has 0 aromatic heterocycles. The van der Waals surface area contributed by atoms with Crippen LogP contribution in [-0.4, -0.2) is 24.9 Å². The maximum Gasteiger partial charge on any atom is 0.387 e. The van der Waals surface area contributed by atoms with E-state index in [-0.39, 0.29) is 12.4 Å². The van der Waals surface area contributed by atoms with Crippen LogP contribution in [0.1, 0.15) is 31.2 Å². The van der Waals surface area contributed by atoms with E-state index in [9.17, 15) is 8.78 Å². The predicted octanol–water partition coefficient (Wildman–Crippen LogP) is 3.58. The van der Waals surface area contributed by atoms with E-state index in [1.807, 2.05) is 0 Å². The molecule has 0 fully saturated rings. The van der Waals surface area contributed by atoms with Gasteiger partial charge < -0.3 is 15.2 Å². The highest BCUT2D eigenvalue weighted by Gasteiger charge is 2.09. The monoisotopic (exact) mass is 307 g/mol. The fourth-order valence-electron chi connectivity index (χ4n) is 1.84. The zero-order valence-electron chi connectivity index (χ0n) is 11.2. The van der Waals surface area contributed by atoms with Crippen molar-refractivity contribution in [3.05, 3.63) is 28.8 Å². The number of alkyl halides is 2. The number of nitrogens with one attached hydrogen (secondary N) is 1. The molecule has 0 radical (unpaired) electrons. The Hall–Kier alpha value is -0.910. The first-order chi connectivity index (χ1) is 9.63. The first-order valence-electron chi connectivity index (χ1n) is 6.68. The van der Waals surface area contributed by atoms with Gasteiger partial charge in [0.25, 0.3) is 0 Å². The molecule has 0 aliphatic carbocycles. The summed E-state index contributed by atoms with van der Waals surface area (Å²) in [6, 6.07) is 4.60. The van der Waals surface area contributed by atoms with Crippen LogP contribution in [0.3, 0.4) is 0 Å². The first kappa shape index (κ1) is 17.1. The van der Waals surface area contributed by atoms with Crippen molar-refractivity contribution in [2.24, 2.45) is 0 Å². The Morgan fingerprint density at radius 2 is 1.95 bits per heavy atom. The number of benzene rings is 1. The molecule has 0 unspecified atom stereocenters. The van der Waals surface area contributed by atoms with Gasteiger partial charge in [0.15, 0.2) is 0 Å². The van der Waals surface area contributed by atoms with Crippen molar-refractivity contribution >= 4 is 11.6 Å². The number of aliphatic hydroxyl groups excluding tert-OH is 1. The van der Waals surface area contributed by atoms with Crippen LogP contribution in [-0.2, 0) is 6.54 Å². The summed E-state index contributed by atoms with van der Waals surface area (Å²) in [4.78, 5) is 0. The maximum atomic E-state index is 12.3. The summed E-state index contributed by atoms with van der Waals surface area (Å²) in [5, 5.41) is 12.3. The first-order valence-corrected chi connectivity index (χ1v) is 7.06. The minimum Gasteiger partial charge on any atom is -0.434 e. The average Bonchev–Trinajstić information content (AvgIpc) is 2.40. The molecule has 1 rings (SSSR count). The van der Waals surface area contributed by atoms with Crippen LogP contribution >= 0.6 is 11.6 Å². The molecule has 0 saturated heterocycles. The SMILES string of the molecule is OCCCCCCNCc1cc(Cl)ccc1OC(F)F. The highest BCUT2D eigenvalue weighted by Crippen LogP contribution is 2.24. The van der Waals surface area contributed by atoms with Crippen LogP contribution in [0.2, 0.25) is 5.02 Å². The van der Waals surface area contributed by atoms with E-state index in [0.717, 1.165) is 32.2 Å². The molecule has 0 aliphatic heterocycles. The molecule has 1 aromatic rings. The average molecular weight is 308 g/mol. The van der Waals surface area contributed by atoms with E-state index in [1.54, 1.807) is 6.07 Å². The number of hydrogen-bond donors (Lipinski definition) is 2. The standard InChI is InChI=1S/C14H20ClF2NO2/c15-12-5-6-13(20-14(16)17)11(9-12)10-18-7-3-1-2-4-8-19/h5-6,9,14,18-19H,1-4,7-8,10H2. The van der Waals surface area contributed by atoms with Gasteiger partial charge in [-0.05, 0) is 37.6 Å². The van der Waals surface area contributed by atoms with Gasteiger partial charge in [-0.1, -0.05) is 24.4 Å². The van der Waals surface area contributed by atoms with Gasteiger partial charge in [-0.15, -0.1) is 0 Å². The van der Waals surface area contributed by atoms with E-state index in [0.29, 0.717) is 17.1 Å². The Kier molecular flexibility index (Phi) is 8.49. The third kappa shape index (κ3) is 7.03. The van der Waals surface area contributed by atoms with Gasteiger partial charge in [-0.3, -0.25) is 0 Å². The molecule has 2 N–H and O–H groups in total. The van der Waals surface area contributed by atoms with E-state index in [4.69, 9.17) is 16.7 Å². The lowest BCUT2D eigenvalue weighted by Crippen LogP contribution is -2.16. The summed E-state index contributed by atoms with van der Waals surface area (Å²) < 4.78 is 29.0. The second-order valence-electron chi connectivity index (χ2n) is 4.45. The summed E-state index contributed by atoms with van der Waals surface area (Å²) in [6.07, 6.45) is 3.82. The van der Waals surface area contributed by atoms with Crippen molar-refractivity contribution in [1.29, 1.82) is 0 Å². The lowest BCUT2D eigenvalue weighted by atomic mass is 10.2. The Balaban J connectivity index is 2.36. The summed E-state index contributed by atoms with van der Waals surface area (Å²) in [6.45, 7) is -1.40. The third-order valence-electron chi connectivity index (χ3n) is 2.82. The largest absolute Gasteiger partial charge is 0.434 e. The Bertz CT molecular complexity index is 391. The van der Waals surface area contributed by atoms with Gasteiger partial charge in [0.2, 0.25) is 0 Å². The smallest absolute Gasteiger partial charge is 0.387 e. The maximum absolute atomic E-state index is 12.3. The van der Waals surface area contributed by atoms with Crippen molar-refractivity contribution < 1.29 is 18.6 Å². The van der Waals surface area contributed by atoms with E-state index in [1.165, 1.54) is 12.1 Å². The molecule has 0 atom stereocenters. The summed E-state index contributed by atoms with van der Waals surface area (Å²) in [5.41, 5.74) is 0.619. The number of halogens is 3. The minimum absolute atomic E-state index is 0.150. The molecule has 3 nitrogen and oxygen atoms in total. The van der Waals surface area contributed by atoms with Crippen LogP contribution in [0, 0.1) is 0 Å². The highest BCUT2D eigenvalue weighted by molar-refractivity contribution is 6.30. The van der Waals surface area contributed by atoms with Crippen molar-refractivity contribution in [2.75, 3.05) is 13.2 Å². The van der Waals surface area contributed by atoms with Crippen molar-refractivity contribution in [3.63, 3.8) is 0 Å². The number of rotatable bonds is 10. The van der Waals surface area contributed by atoms with Crippen molar-refractivity contribution in [2.45, 2.75) is 38.8 Å². The topological polar surface area (TPSA) is 41.5 Å². The van der Waals surface area contributed by atoms with E-state index < -0.39 is 6.61 Å². The van der Waals surface area contributed by atoms with Crippen LogP contribution in [0.4, 0.5) is 8.78 Å². The number of hydrogen-bond acceptors (Lipinski definition) is 3. The van der Waals surface area contributed by atoms with Gasteiger partial charge in [0, 0.05) is 23.7 Å². The summed E-state index contributed by atoms with van der Waals surface area (Å²) in [5.74, 6) is 0.150. The molecule has 114 valence electrons. The van der Waals surface area contributed by atoms with Crippen LogP contribution < -0.4 is 10.1 Å². The molecule has 0 aliphatic rings. The molecule has 0 spiro atoms.